The first kappa shape index (κ1) is 20.6. The molecule has 28 heavy (non-hydrogen) atoms. The van der Waals surface area contributed by atoms with E-state index in [0.29, 0.717) is 23.0 Å². The molecule has 0 radical (unpaired) electrons. The maximum atomic E-state index is 13.2. The van der Waals surface area contributed by atoms with Gasteiger partial charge in [-0.25, -0.2) is 9.78 Å². The first-order chi connectivity index (χ1) is 13.3. The normalized spacial score (nSPS) is 17.0. The number of hydrogen-bond acceptors (Lipinski definition) is 6. The lowest BCUT2D eigenvalue weighted by Gasteiger charge is -2.18. The minimum Gasteiger partial charge on any atom is -0.341 e. The molecule has 0 aromatic carbocycles. The number of carbonyl (C=O) groups is 2. The van der Waals surface area contributed by atoms with E-state index in [1.807, 2.05) is 0 Å². The first-order valence-corrected chi connectivity index (χ1v) is 10.9. The van der Waals surface area contributed by atoms with E-state index >= 15 is 0 Å². The zero-order chi connectivity index (χ0) is 20.4. The van der Waals surface area contributed by atoms with Crippen molar-refractivity contribution in [3.63, 3.8) is 0 Å². The minimum absolute atomic E-state index is 0.0848. The summed E-state index contributed by atoms with van der Waals surface area (Å²) in [5.41, 5.74) is 1.05. The van der Waals surface area contributed by atoms with Crippen LogP contribution in [-0.4, -0.2) is 33.8 Å². The van der Waals surface area contributed by atoms with E-state index in [1.54, 1.807) is 28.9 Å². The Kier molecular flexibility index (Phi) is 6.24. The number of amides is 3. The van der Waals surface area contributed by atoms with Crippen LogP contribution in [0.4, 0.5) is 4.79 Å². The fraction of sp³-hybridized carbons (Fsp3) is 0.474. The summed E-state index contributed by atoms with van der Waals surface area (Å²) in [7, 11) is 1.44. The molecule has 0 saturated carbocycles. The van der Waals surface area contributed by atoms with E-state index in [4.69, 9.17) is 4.98 Å². The number of thiophene rings is 1. The highest BCUT2D eigenvalue weighted by molar-refractivity contribution is 8.00. The monoisotopic (exact) mass is 420 g/mol. The summed E-state index contributed by atoms with van der Waals surface area (Å²) in [5, 5.41) is 5.18. The Labute approximate surface area is 171 Å². The van der Waals surface area contributed by atoms with Gasteiger partial charge in [0.05, 0.1) is 10.6 Å². The summed E-state index contributed by atoms with van der Waals surface area (Å²) >= 11 is 2.74. The van der Waals surface area contributed by atoms with Gasteiger partial charge in [0, 0.05) is 18.5 Å². The number of hydrogen-bond donors (Lipinski definition) is 2. The zero-order valence-corrected chi connectivity index (χ0v) is 17.8. The lowest BCUT2D eigenvalue weighted by atomic mass is 9.89. The third-order valence-electron chi connectivity index (χ3n) is 4.81. The SMILES string of the molecule is C=CCn1c(S[C@H](C)C(=O)NC(=O)NC)nc2sc3c(c2c1=O)CC[C@H](C)C3. The number of aryl methyl sites for hydroxylation is 1. The number of nitrogens with zero attached hydrogens (tertiary/aromatic N) is 2. The Morgan fingerprint density at radius 1 is 1.50 bits per heavy atom. The van der Waals surface area contributed by atoms with Crippen LogP contribution >= 0.6 is 23.1 Å². The van der Waals surface area contributed by atoms with Crippen LogP contribution in [0.5, 0.6) is 0 Å². The number of rotatable bonds is 5. The fourth-order valence-corrected chi connectivity index (χ4v) is 5.61. The highest BCUT2D eigenvalue weighted by Gasteiger charge is 2.26. The highest BCUT2D eigenvalue weighted by Crippen LogP contribution is 2.36. The van der Waals surface area contributed by atoms with Crippen molar-refractivity contribution in [2.75, 3.05) is 7.05 Å². The second kappa shape index (κ2) is 8.48. The molecule has 2 heterocycles. The number of carbonyl (C=O) groups excluding carboxylic acids is 2. The van der Waals surface area contributed by atoms with Crippen LogP contribution in [-0.2, 0) is 24.2 Å². The molecule has 2 aromatic heterocycles. The van der Waals surface area contributed by atoms with E-state index in [1.165, 1.54) is 11.9 Å². The molecular weight excluding hydrogens is 396 g/mol. The Balaban J connectivity index is 2.01. The smallest absolute Gasteiger partial charge is 0.321 e. The number of imide groups is 1. The second-order valence-corrected chi connectivity index (χ2v) is 9.35. The molecule has 150 valence electrons. The quantitative estimate of drug-likeness (QED) is 0.441. The van der Waals surface area contributed by atoms with Crippen molar-refractivity contribution in [2.45, 2.75) is 50.1 Å². The van der Waals surface area contributed by atoms with Crippen LogP contribution < -0.4 is 16.2 Å². The number of thioether (sulfide) groups is 1. The van der Waals surface area contributed by atoms with Crippen LogP contribution in [0.1, 0.15) is 30.7 Å². The molecule has 0 spiro atoms. The van der Waals surface area contributed by atoms with Crippen molar-refractivity contribution >= 4 is 45.3 Å². The molecule has 2 atom stereocenters. The van der Waals surface area contributed by atoms with Gasteiger partial charge in [0.1, 0.15) is 4.83 Å². The predicted molar refractivity (Wildman–Crippen MR) is 113 cm³/mol. The minimum atomic E-state index is -0.590. The average molecular weight is 421 g/mol. The molecule has 0 aliphatic heterocycles. The standard InChI is InChI=1S/C19H24N4O3S2/c1-5-8-23-17(25)14-12-7-6-10(2)9-13(12)28-16(14)22-19(23)27-11(3)15(24)21-18(26)20-4/h5,10-11H,1,6-9H2,2-4H3,(H2,20,21,24,26)/t10-,11+/m0/s1. The van der Waals surface area contributed by atoms with Crippen molar-refractivity contribution in [2.24, 2.45) is 5.92 Å². The van der Waals surface area contributed by atoms with Crippen LogP contribution in [0.2, 0.25) is 0 Å². The van der Waals surface area contributed by atoms with Gasteiger partial charge in [0.2, 0.25) is 5.91 Å². The number of urea groups is 1. The van der Waals surface area contributed by atoms with Crippen molar-refractivity contribution in [1.82, 2.24) is 20.2 Å². The van der Waals surface area contributed by atoms with Gasteiger partial charge < -0.3 is 5.32 Å². The fourth-order valence-electron chi connectivity index (χ4n) is 3.27. The molecule has 0 bridgehead atoms. The molecule has 3 amide bonds. The van der Waals surface area contributed by atoms with Gasteiger partial charge in [-0.15, -0.1) is 17.9 Å². The molecule has 9 heteroatoms. The van der Waals surface area contributed by atoms with Crippen molar-refractivity contribution in [1.29, 1.82) is 0 Å². The maximum absolute atomic E-state index is 13.2. The predicted octanol–water partition coefficient (Wildman–Crippen LogP) is 2.71. The van der Waals surface area contributed by atoms with Crippen LogP contribution in [0.3, 0.4) is 0 Å². The maximum Gasteiger partial charge on any atom is 0.321 e. The van der Waals surface area contributed by atoms with Gasteiger partial charge in [-0.3, -0.25) is 19.5 Å². The third kappa shape index (κ3) is 4.00. The van der Waals surface area contributed by atoms with E-state index in [9.17, 15) is 14.4 Å². The van der Waals surface area contributed by atoms with Gasteiger partial charge in [0.25, 0.3) is 5.56 Å². The van der Waals surface area contributed by atoms with E-state index in [-0.39, 0.29) is 5.56 Å². The summed E-state index contributed by atoms with van der Waals surface area (Å²) < 4.78 is 1.56. The molecule has 0 saturated heterocycles. The van der Waals surface area contributed by atoms with Crippen LogP contribution in [0.15, 0.2) is 22.6 Å². The second-order valence-electron chi connectivity index (χ2n) is 6.96. The number of nitrogens with one attached hydrogen (secondary N) is 2. The van der Waals surface area contributed by atoms with Crippen LogP contribution in [0, 0.1) is 5.92 Å². The lowest BCUT2D eigenvalue weighted by Crippen LogP contribution is -2.41. The molecule has 7 nitrogen and oxygen atoms in total. The number of fused-ring (bicyclic) bond motifs is 3. The molecule has 1 aliphatic carbocycles. The lowest BCUT2D eigenvalue weighted by molar-refractivity contribution is -0.119. The van der Waals surface area contributed by atoms with E-state index in [0.717, 1.165) is 41.4 Å². The Morgan fingerprint density at radius 3 is 2.93 bits per heavy atom. The summed E-state index contributed by atoms with van der Waals surface area (Å²) in [6, 6.07) is -0.565. The van der Waals surface area contributed by atoms with Gasteiger partial charge in [-0.1, -0.05) is 24.8 Å². The molecule has 2 N–H and O–H groups in total. The van der Waals surface area contributed by atoms with Crippen molar-refractivity contribution < 1.29 is 9.59 Å². The van der Waals surface area contributed by atoms with Gasteiger partial charge >= 0.3 is 6.03 Å². The van der Waals surface area contributed by atoms with Gasteiger partial charge in [0.15, 0.2) is 5.16 Å². The van der Waals surface area contributed by atoms with E-state index in [2.05, 4.69) is 24.1 Å². The third-order valence-corrected chi connectivity index (χ3v) is 7.05. The Morgan fingerprint density at radius 2 is 2.25 bits per heavy atom. The largest absolute Gasteiger partial charge is 0.341 e. The summed E-state index contributed by atoms with van der Waals surface area (Å²) in [4.78, 5) is 43.5. The molecule has 3 rings (SSSR count). The molecule has 1 aliphatic rings. The molecule has 2 aromatic rings. The first-order valence-electron chi connectivity index (χ1n) is 9.20. The average Bonchev–Trinajstić information content (AvgIpc) is 3.01. The summed E-state index contributed by atoms with van der Waals surface area (Å²) in [5.74, 6) is 0.168. The molecular formula is C19H24N4O3S2. The zero-order valence-electron chi connectivity index (χ0n) is 16.2. The topological polar surface area (TPSA) is 93.1 Å². The van der Waals surface area contributed by atoms with Crippen LogP contribution in [0.25, 0.3) is 10.2 Å². The summed E-state index contributed by atoms with van der Waals surface area (Å²) in [6.45, 7) is 7.96. The summed E-state index contributed by atoms with van der Waals surface area (Å²) in [6.07, 6.45) is 4.60. The molecule has 0 unspecified atom stereocenters. The molecule has 0 fully saturated rings. The van der Waals surface area contributed by atoms with Gasteiger partial charge in [-0.2, -0.15) is 0 Å². The highest BCUT2D eigenvalue weighted by atomic mass is 32.2. The Bertz CT molecular complexity index is 995. The van der Waals surface area contributed by atoms with Gasteiger partial charge in [-0.05, 0) is 37.7 Å². The number of aromatic nitrogens is 2. The van der Waals surface area contributed by atoms with E-state index < -0.39 is 17.2 Å². The Hall–Kier alpha value is -2.13. The van der Waals surface area contributed by atoms with Crippen molar-refractivity contribution in [3.8, 4) is 0 Å². The number of allylic oxidation sites excluding steroid dienone is 1. The van der Waals surface area contributed by atoms with Crippen molar-refractivity contribution in [3.05, 3.63) is 33.4 Å².